The highest BCUT2D eigenvalue weighted by Crippen LogP contribution is 2.29. The summed E-state index contributed by atoms with van der Waals surface area (Å²) in [5, 5.41) is 21.5. The molecule has 0 heterocycles. The number of nitrogens with one attached hydrogen (secondary N) is 1. The van der Waals surface area contributed by atoms with Gasteiger partial charge in [-0.3, -0.25) is 4.79 Å². The van der Waals surface area contributed by atoms with Gasteiger partial charge in [0.2, 0.25) is 0 Å². The van der Waals surface area contributed by atoms with Crippen LogP contribution in [0.5, 0.6) is 11.5 Å². The van der Waals surface area contributed by atoms with E-state index in [-0.39, 0.29) is 11.3 Å². The van der Waals surface area contributed by atoms with E-state index in [0.29, 0.717) is 12.1 Å². The van der Waals surface area contributed by atoms with Crippen LogP contribution in [0.2, 0.25) is 0 Å². The molecule has 24 heavy (non-hydrogen) atoms. The zero-order valence-corrected chi connectivity index (χ0v) is 14.4. The number of nitrogens with zero attached hydrogens (tertiary/aromatic N) is 2. The van der Waals surface area contributed by atoms with Crippen LogP contribution >= 0.6 is 0 Å². The Morgan fingerprint density at radius 1 is 1.46 bits per heavy atom. The first-order chi connectivity index (χ1) is 11.2. The molecule has 0 aliphatic heterocycles. The molecule has 0 aromatic heterocycles. The van der Waals surface area contributed by atoms with Gasteiger partial charge >= 0.3 is 10.3 Å². The Labute approximate surface area is 141 Å². The van der Waals surface area contributed by atoms with E-state index in [1.54, 1.807) is 6.07 Å². The predicted octanol–water partition coefficient (Wildman–Crippen LogP) is 1.01. The molecule has 0 bridgehead atoms. The van der Waals surface area contributed by atoms with Gasteiger partial charge in [0.25, 0.3) is 5.91 Å². The summed E-state index contributed by atoms with van der Waals surface area (Å²) in [6, 6.07) is 5.64. The van der Waals surface area contributed by atoms with Crippen molar-refractivity contribution in [2.24, 2.45) is 0 Å². The van der Waals surface area contributed by atoms with Crippen LogP contribution in [0.3, 0.4) is 0 Å². The van der Waals surface area contributed by atoms with Crippen molar-refractivity contribution in [3.05, 3.63) is 29.3 Å². The minimum atomic E-state index is -4.00. The van der Waals surface area contributed by atoms with Gasteiger partial charge in [0.15, 0.2) is 11.5 Å². The van der Waals surface area contributed by atoms with E-state index in [1.165, 1.54) is 38.4 Å². The number of carbonyl (C=O) groups excluding carboxylic acids is 1. The summed E-state index contributed by atoms with van der Waals surface area (Å²) in [4.78, 5) is 11.8. The molecule has 0 atom stereocenters. The quantitative estimate of drug-likeness (QED) is 0.558. The van der Waals surface area contributed by atoms with Crippen molar-refractivity contribution in [2.75, 3.05) is 20.6 Å². The van der Waals surface area contributed by atoms with E-state index < -0.39 is 22.0 Å². The van der Waals surface area contributed by atoms with E-state index >= 15 is 0 Å². The molecule has 1 aromatic rings. The molecule has 1 aromatic carbocycles. The van der Waals surface area contributed by atoms with Crippen molar-refractivity contribution in [2.45, 2.75) is 13.3 Å². The number of phenolic OH excluding ortho intramolecular Hbond substituents is 1. The summed E-state index contributed by atoms with van der Waals surface area (Å²) < 4.78 is 28.9. The SMILES string of the molecule is CCCNC(=O)C(C#N)=Cc1ccc(OS(=O)(=O)N(C)C)c(O)c1. The zero-order chi connectivity index (χ0) is 18.3. The summed E-state index contributed by atoms with van der Waals surface area (Å²) >= 11 is 0. The molecule has 0 radical (unpaired) electrons. The van der Waals surface area contributed by atoms with E-state index in [0.717, 1.165) is 10.7 Å². The number of aromatic hydroxyl groups is 1. The lowest BCUT2D eigenvalue weighted by Gasteiger charge is -2.13. The molecule has 0 aliphatic rings. The minimum absolute atomic E-state index is 0.127. The van der Waals surface area contributed by atoms with Gasteiger partial charge in [-0.1, -0.05) is 13.0 Å². The number of benzene rings is 1. The molecule has 2 N–H and O–H groups in total. The first-order valence-electron chi connectivity index (χ1n) is 7.06. The van der Waals surface area contributed by atoms with Crippen molar-refractivity contribution in [1.29, 1.82) is 5.26 Å². The normalized spacial score (nSPS) is 11.9. The number of hydrogen-bond donors (Lipinski definition) is 2. The van der Waals surface area contributed by atoms with Crippen LogP contribution < -0.4 is 9.50 Å². The van der Waals surface area contributed by atoms with Crippen LogP contribution in [-0.4, -0.2) is 44.4 Å². The van der Waals surface area contributed by atoms with Gasteiger partial charge in [-0.15, -0.1) is 0 Å². The predicted molar refractivity (Wildman–Crippen MR) is 88.2 cm³/mol. The molecule has 9 heteroatoms. The Kier molecular flexibility index (Phi) is 6.76. The first kappa shape index (κ1) is 19.5. The molecule has 1 amide bonds. The Hall–Kier alpha value is -2.57. The average molecular weight is 353 g/mol. The molecule has 0 unspecified atom stereocenters. The van der Waals surface area contributed by atoms with Crippen molar-refractivity contribution >= 4 is 22.3 Å². The number of carbonyl (C=O) groups is 1. The maximum Gasteiger partial charge on any atom is 0.384 e. The Morgan fingerprint density at radius 3 is 2.62 bits per heavy atom. The molecule has 0 fully saturated rings. The molecule has 130 valence electrons. The molecular weight excluding hydrogens is 334 g/mol. The van der Waals surface area contributed by atoms with Gasteiger partial charge in [-0.05, 0) is 30.2 Å². The second kappa shape index (κ2) is 8.33. The summed E-state index contributed by atoms with van der Waals surface area (Å²) in [6.07, 6.45) is 2.02. The van der Waals surface area contributed by atoms with E-state index in [4.69, 9.17) is 9.44 Å². The van der Waals surface area contributed by atoms with Gasteiger partial charge in [0.1, 0.15) is 11.6 Å². The summed E-state index contributed by atoms with van der Waals surface area (Å²) in [6.45, 7) is 2.33. The molecular formula is C15H19N3O5S. The van der Waals surface area contributed by atoms with Crippen molar-refractivity contribution in [3.8, 4) is 17.6 Å². The van der Waals surface area contributed by atoms with Gasteiger partial charge in [-0.25, -0.2) is 0 Å². The Morgan fingerprint density at radius 2 is 2.12 bits per heavy atom. The number of hydrogen-bond acceptors (Lipinski definition) is 6. The second-order valence-electron chi connectivity index (χ2n) is 4.98. The summed E-state index contributed by atoms with van der Waals surface area (Å²) in [7, 11) is -1.42. The lowest BCUT2D eigenvalue weighted by atomic mass is 10.1. The van der Waals surface area contributed by atoms with E-state index in [1.807, 2.05) is 6.92 Å². The topological polar surface area (TPSA) is 120 Å². The Balaban J connectivity index is 3.04. The first-order valence-corrected chi connectivity index (χ1v) is 8.42. The zero-order valence-electron chi connectivity index (χ0n) is 13.6. The maximum absolute atomic E-state index is 11.8. The van der Waals surface area contributed by atoms with Gasteiger partial charge < -0.3 is 14.6 Å². The highest BCUT2D eigenvalue weighted by atomic mass is 32.2. The molecule has 0 aliphatic carbocycles. The summed E-state index contributed by atoms with van der Waals surface area (Å²) in [5.74, 6) is -1.20. The molecule has 0 spiro atoms. The van der Waals surface area contributed by atoms with Gasteiger partial charge in [0.05, 0.1) is 0 Å². The molecule has 0 saturated heterocycles. The van der Waals surface area contributed by atoms with Crippen LogP contribution in [0.25, 0.3) is 6.08 Å². The fraction of sp³-hybridized carbons (Fsp3) is 0.333. The van der Waals surface area contributed by atoms with Gasteiger partial charge in [-0.2, -0.15) is 18.0 Å². The molecule has 1 rings (SSSR count). The van der Waals surface area contributed by atoms with Crippen LogP contribution in [0.4, 0.5) is 0 Å². The third-order valence-electron chi connectivity index (χ3n) is 2.84. The van der Waals surface area contributed by atoms with Crippen LogP contribution in [0.15, 0.2) is 23.8 Å². The lowest BCUT2D eigenvalue weighted by Crippen LogP contribution is -2.27. The van der Waals surface area contributed by atoms with E-state index in [9.17, 15) is 18.3 Å². The number of rotatable bonds is 7. The van der Waals surface area contributed by atoms with Crippen molar-refractivity contribution in [3.63, 3.8) is 0 Å². The van der Waals surface area contributed by atoms with Crippen molar-refractivity contribution in [1.82, 2.24) is 9.62 Å². The standard InChI is InChI=1S/C15H19N3O5S/c1-4-7-17-15(20)12(10-16)8-11-5-6-14(13(19)9-11)23-24(21,22)18(2)3/h5-6,8-9,19H,4,7H2,1-3H3,(H,17,20). The Bertz CT molecular complexity index is 779. The van der Waals surface area contributed by atoms with Gasteiger partial charge in [0, 0.05) is 20.6 Å². The maximum atomic E-state index is 11.8. The third kappa shape index (κ3) is 5.26. The lowest BCUT2D eigenvalue weighted by molar-refractivity contribution is -0.117. The average Bonchev–Trinajstić information content (AvgIpc) is 2.52. The molecule has 0 saturated carbocycles. The highest BCUT2D eigenvalue weighted by molar-refractivity contribution is 7.84. The van der Waals surface area contributed by atoms with Crippen LogP contribution in [-0.2, 0) is 15.1 Å². The second-order valence-corrected chi connectivity index (χ2v) is 6.73. The monoisotopic (exact) mass is 353 g/mol. The smallest absolute Gasteiger partial charge is 0.384 e. The molecule has 8 nitrogen and oxygen atoms in total. The largest absolute Gasteiger partial charge is 0.504 e. The number of phenols is 1. The highest BCUT2D eigenvalue weighted by Gasteiger charge is 2.18. The van der Waals surface area contributed by atoms with Crippen molar-refractivity contribution < 1.29 is 22.5 Å². The third-order valence-corrected chi connectivity index (χ3v) is 4.12. The fourth-order valence-electron chi connectivity index (χ4n) is 1.53. The van der Waals surface area contributed by atoms with Crippen LogP contribution in [0, 0.1) is 11.3 Å². The number of nitriles is 1. The summed E-state index contributed by atoms with van der Waals surface area (Å²) in [5.41, 5.74) is 0.225. The fourth-order valence-corrected chi connectivity index (χ4v) is 2.05. The number of amides is 1. The van der Waals surface area contributed by atoms with Crippen LogP contribution in [0.1, 0.15) is 18.9 Å². The minimum Gasteiger partial charge on any atom is -0.504 e. The van der Waals surface area contributed by atoms with E-state index in [2.05, 4.69) is 5.32 Å².